The van der Waals surface area contributed by atoms with Gasteiger partial charge in [0.2, 0.25) is 0 Å². The molecule has 0 spiro atoms. The van der Waals surface area contributed by atoms with Crippen LogP contribution in [0.4, 0.5) is 0 Å². The molecule has 1 heterocycles. The third-order valence-electron chi connectivity index (χ3n) is 5.74. The average molecular weight is 422 g/mol. The van der Waals surface area contributed by atoms with Crippen LogP contribution in [0.3, 0.4) is 0 Å². The molecule has 0 fully saturated rings. The first-order chi connectivity index (χ1) is 15.0. The number of carbonyl (C=O) groups is 1. The van der Waals surface area contributed by atoms with Gasteiger partial charge in [-0.15, -0.1) is 0 Å². The van der Waals surface area contributed by atoms with Gasteiger partial charge in [0.05, 0.1) is 18.2 Å². The highest BCUT2D eigenvalue weighted by Crippen LogP contribution is 2.24. The zero-order valence-corrected chi connectivity index (χ0v) is 18.5. The SMILES string of the molecule is CCCCCc1nn(C(C)CC)c(=O)n1Cc1ccc(-c2ccccc2C(=O)O)cc1. The summed E-state index contributed by atoms with van der Waals surface area (Å²) in [6, 6.07) is 14.8. The number of aromatic carboxylic acids is 1. The Morgan fingerprint density at radius 3 is 2.42 bits per heavy atom. The van der Waals surface area contributed by atoms with E-state index in [1.54, 1.807) is 21.4 Å². The fourth-order valence-electron chi connectivity index (χ4n) is 3.69. The van der Waals surface area contributed by atoms with Gasteiger partial charge in [-0.1, -0.05) is 69.2 Å². The number of nitrogens with zero attached hydrogens (tertiary/aromatic N) is 3. The van der Waals surface area contributed by atoms with Gasteiger partial charge in [0.15, 0.2) is 0 Å². The molecule has 1 N–H and O–H groups in total. The normalized spacial score (nSPS) is 12.1. The lowest BCUT2D eigenvalue weighted by molar-refractivity contribution is 0.0697. The summed E-state index contributed by atoms with van der Waals surface area (Å²) < 4.78 is 3.39. The molecule has 0 bridgehead atoms. The molecule has 1 atom stereocenters. The van der Waals surface area contributed by atoms with Gasteiger partial charge >= 0.3 is 11.7 Å². The van der Waals surface area contributed by atoms with Crippen LogP contribution >= 0.6 is 0 Å². The molecule has 164 valence electrons. The highest BCUT2D eigenvalue weighted by molar-refractivity contribution is 5.95. The molecule has 1 unspecified atom stereocenters. The van der Waals surface area contributed by atoms with E-state index < -0.39 is 5.97 Å². The lowest BCUT2D eigenvalue weighted by Crippen LogP contribution is -2.27. The van der Waals surface area contributed by atoms with Gasteiger partial charge in [0.1, 0.15) is 5.82 Å². The predicted octanol–water partition coefficient (Wildman–Crippen LogP) is 5.16. The molecule has 1 aromatic heterocycles. The van der Waals surface area contributed by atoms with Crippen molar-refractivity contribution in [2.75, 3.05) is 0 Å². The van der Waals surface area contributed by atoms with Crippen molar-refractivity contribution < 1.29 is 9.90 Å². The van der Waals surface area contributed by atoms with Gasteiger partial charge in [0.25, 0.3) is 0 Å². The number of benzene rings is 2. The van der Waals surface area contributed by atoms with Gasteiger partial charge in [0, 0.05) is 6.42 Å². The van der Waals surface area contributed by atoms with Crippen LogP contribution in [0.15, 0.2) is 53.3 Å². The number of carboxylic acids is 1. The van der Waals surface area contributed by atoms with Gasteiger partial charge in [-0.3, -0.25) is 4.57 Å². The Labute approximate surface area is 183 Å². The first-order valence-electron chi connectivity index (χ1n) is 11.1. The number of carboxylic acid groups (broad SMARTS) is 1. The summed E-state index contributed by atoms with van der Waals surface area (Å²) in [6.07, 6.45) is 4.88. The Kier molecular flexibility index (Phi) is 7.45. The highest BCUT2D eigenvalue weighted by atomic mass is 16.4. The summed E-state index contributed by atoms with van der Waals surface area (Å²) in [7, 11) is 0. The molecule has 2 aromatic carbocycles. The molecule has 0 saturated carbocycles. The summed E-state index contributed by atoms with van der Waals surface area (Å²) in [5.74, 6) is -0.112. The van der Waals surface area contributed by atoms with E-state index in [1.807, 2.05) is 43.3 Å². The second-order valence-corrected chi connectivity index (χ2v) is 7.99. The third kappa shape index (κ3) is 5.13. The molecule has 6 nitrogen and oxygen atoms in total. The van der Waals surface area contributed by atoms with E-state index in [1.165, 1.54) is 0 Å². The first-order valence-corrected chi connectivity index (χ1v) is 11.1. The lowest BCUT2D eigenvalue weighted by Gasteiger charge is -2.09. The summed E-state index contributed by atoms with van der Waals surface area (Å²) in [6.45, 7) is 6.69. The monoisotopic (exact) mass is 421 g/mol. The summed E-state index contributed by atoms with van der Waals surface area (Å²) in [5.41, 5.74) is 2.72. The van der Waals surface area contributed by atoms with Crippen LogP contribution in [0, 0.1) is 0 Å². The topological polar surface area (TPSA) is 77.1 Å². The van der Waals surface area contributed by atoms with Gasteiger partial charge in [-0.2, -0.15) is 5.10 Å². The lowest BCUT2D eigenvalue weighted by atomic mass is 9.99. The molecular weight excluding hydrogens is 390 g/mol. The Hall–Kier alpha value is -3.15. The van der Waals surface area contributed by atoms with E-state index in [0.717, 1.165) is 49.1 Å². The summed E-state index contributed by atoms with van der Waals surface area (Å²) in [5, 5.41) is 14.1. The molecule has 0 aliphatic rings. The van der Waals surface area contributed by atoms with Crippen molar-refractivity contribution in [2.24, 2.45) is 0 Å². The van der Waals surface area contributed by atoms with Crippen molar-refractivity contribution in [3.63, 3.8) is 0 Å². The maximum Gasteiger partial charge on any atom is 0.346 e. The molecule has 3 rings (SSSR count). The molecule has 0 aliphatic carbocycles. The largest absolute Gasteiger partial charge is 0.478 e. The minimum absolute atomic E-state index is 0.0635. The maximum atomic E-state index is 13.0. The molecule has 0 aliphatic heterocycles. The predicted molar refractivity (Wildman–Crippen MR) is 123 cm³/mol. The molecular formula is C25H31N3O3. The molecule has 31 heavy (non-hydrogen) atoms. The van der Waals surface area contributed by atoms with E-state index in [4.69, 9.17) is 0 Å². The number of unbranched alkanes of at least 4 members (excludes halogenated alkanes) is 2. The van der Waals surface area contributed by atoms with Crippen LogP contribution in [0.25, 0.3) is 11.1 Å². The molecule has 0 radical (unpaired) electrons. The number of aromatic nitrogens is 3. The standard InChI is InChI=1S/C25H31N3O3/c1-4-6-7-12-23-26-28(18(3)5-2)25(31)27(23)17-19-13-15-20(16-14-19)21-10-8-9-11-22(21)24(29)30/h8-11,13-16,18H,4-7,12,17H2,1-3H3,(H,29,30). The van der Waals surface area contributed by atoms with E-state index in [9.17, 15) is 14.7 Å². The smallest absolute Gasteiger partial charge is 0.346 e. The molecule has 0 amide bonds. The van der Waals surface area contributed by atoms with Crippen molar-refractivity contribution in [1.29, 1.82) is 0 Å². The van der Waals surface area contributed by atoms with Crippen molar-refractivity contribution in [2.45, 2.75) is 65.5 Å². The van der Waals surface area contributed by atoms with Crippen LogP contribution in [0.5, 0.6) is 0 Å². The molecule has 3 aromatic rings. The first kappa shape index (κ1) is 22.5. The van der Waals surface area contributed by atoms with Crippen molar-refractivity contribution in [3.05, 3.63) is 76.0 Å². The minimum Gasteiger partial charge on any atom is -0.478 e. The summed E-state index contributed by atoms with van der Waals surface area (Å²) >= 11 is 0. The van der Waals surface area contributed by atoms with E-state index in [0.29, 0.717) is 12.1 Å². The van der Waals surface area contributed by atoms with Crippen LogP contribution in [-0.2, 0) is 13.0 Å². The van der Waals surface area contributed by atoms with Gasteiger partial charge in [-0.05, 0) is 42.5 Å². The Morgan fingerprint density at radius 1 is 1.06 bits per heavy atom. The average Bonchev–Trinajstić information content (AvgIpc) is 3.09. The zero-order chi connectivity index (χ0) is 22.4. The number of hydrogen-bond acceptors (Lipinski definition) is 3. The number of hydrogen-bond donors (Lipinski definition) is 1. The van der Waals surface area contributed by atoms with Crippen LogP contribution in [0.1, 0.15) is 74.2 Å². The Morgan fingerprint density at radius 2 is 1.77 bits per heavy atom. The summed E-state index contributed by atoms with van der Waals surface area (Å²) in [4.78, 5) is 24.6. The van der Waals surface area contributed by atoms with Crippen LogP contribution in [0.2, 0.25) is 0 Å². The van der Waals surface area contributed by atoms with Crippen molar-refractivity contribution in [3.8, 4) is 11.1 Å². The number of rotatable bonds is 10. The quantitative estimate of drug-likeness (QED) is 0.459. The van der Waals surface area contributed by atoms with Crippen LogP contribution in [-0.4, -0.2) is 25.4 Å². The minimum atomic E-state index is -0.944. The second-order valence-electron chi connectivity index (χ2n) is 7.99. The maximum absolute atomic E-state index is 13.0. The zero-order valence-electron chi connectivity index (χ0n) is 18.5. The second kappa shape index (κ2) is 10.2. The van der Waals surface area contributed by atoms with E-state index in [2.05, 4.69) is 18.9 Å². The fraction of sp³-hybridized carbons (Fsp3) is 0.400. The molecule has 6 heteroatoms. The van der Waals surface area contributed by atoms with Crippen LogP contribution < -0.4 is 5.69 Å². The van der Waals surface area contributed by atoms with Crippen molar-refractivity contribution in [1.82, 2.24) is 14.3 Å². The Bertz CT molecular complexity index is 1080. The fourth-order valence-corrected chi connectivity index (χ4v) is 3.69. The third-order valence-corrected chi connectivity index (χ3v) is 5.74. The van der Waals surface area contributed by atoms with Crippen molar-refractivity contribution >= 4 is 5.97 Å². The number of aryl methyl sites for hydroxylation is 1. The Balaban J connectivity index is 1.89. The van der Waals surface area contributed by atoms with E-state index in [-0.39, 0.29) is 17.3 Å². The molecule has 0 saturated heterocycles. The highest BCUT2D eigenvalue weighted by Gasteiger charge is 2.17. The van der Waals surface area contributed by atoms with Gasteiger partial charge in [-0.25, -0.2) is 14.3 Å². The van der Waals surface area contributed by atoms with E-state index >= 15 is 0 Å². The van der Waals surface area contributed by atoms with Gasteiger partial charge < -0.3 is 5.11 Å².